The van der Waals surface area contributed by atoms with Crippen molar-refractivity contribution < 1.29 is 15.3 Å². The fourth-order valence-electron chi connectivity index (χ4n) is 6.99. The van der Waals surface area contributed by atoms with Gasteiger partial charge in [0.05, 0.1) is 17.1 Å². The van der Waals surface area contributed by atoms with Crippen LogP contribution in [0.2, 0.25) is 0 Å². The molecule has 6 heterocycles. The predicted molar refractivity (Wildman–Crippen MR) is 192 cm³/mol. The molecule has 13 nitrogen and oxygen atoms in total. The summed E-state index contributed by atoms with van der Waals surface area (Å²) in [5.74, 6) is 3.67. The molecule has 0 radical (unpaired) electrons. The molecular formula is C37H38N10O3. The highest BCUT2D eigenvalue weighted by atomic mass is 16.3. The van der Waals surface area contributed by atoms with Gasteiger partial charge in [0.25, 0.3) is 0 Å². The molecule has 0 bridgehead atoms. The van der Waals surface area contributed by atoms with Crippen molar-refractivity contribution in [3.63, 3.8) is 0 Å². The SMILES string of the molecule is Oc1cc(-n2cccn2)ccc1-c1ccc(N2C[C@H]3CNC[C@H]3C2)nn1.Oc1ccc2cc(-c3ccc(N4CCNCC4)nn3)c(O)cc2c1. The molecule has 0 unspecified atom stereocenters. The molecule has 0 aliphatic carbocycles. The second-order valence-corrected chi connectivity index (χ2v) is 12.9. The lowest BCUT2D eigenvalue weighted by Gasteiger charge is -2.27. The van der Waals surface area contributed by atoms with Crippen LogP contribution in [0, 0.1) is 11.8 Å². The van der Waals surface area contributed by atoms with Gasteiger partial charge in [-0.1, -0.05) is 6.07 Å². The topological polar surface area (TPSA) is 161 Å². The Hall–Kier alpha value is -5.79. The van der Waals surface area contributed by atoms with E-state index in [1.807, 2.05) is 60.8 Å². The summed E-state index contributed by atoms with van der Waals surface area (Å²) < 4.78 is 1.71. The first-order chi connectivity index (χ1) is 24.5. The van der Waals surface area contributed by atoms with Crippen molar-refractivity contribution in [2.24, 2.45) is 11.8 Å². The van der Waals surface area contributed by atoms with Gasteiger partial charge in [0.1, 0.15) is 17.2 Å². The molecule has 3 saturated heterocycles. The van der Waals surface area contributed by atoms with Crippen molar-refractivity contribution in [3.8, 4) is 45.5 Å². The minimum Gasteiger partial charge on any atom is -0.508 e. The Morgan fingerprint density at radius 2 is 1.32 bits per heavy atom. The minimum absolute atomic E-state index is 0.123. The van der Waals surface area contributed by atoms with Crippen molar-refractivity contribution in [1.82, 2.24) is 40.8 Å². The molecule has 3 aromatic carbocycles. The van der Waals surface area contributed by atoms with Gasteiger partial charge in [-0.25, -0.2) is 4.68 Å². The number of hydrogen-bond donors (Lipinski definition) is 5. The highest BCUT2D eigenvalue weighted by Gasteiger charge is 2.36. The van der Waals surface area contributed by atoms with E-state index in [0.29, 0.717) is 22.5 Å². The molecule has 3 fully saturated rings. The van der Waals surface area contributed by atoms with Crippen LogP contribution in [0.5, 0.6) is 17.2 Å². The molecule has 50 heavy (non-hydrogen) atoms. The zero-order valence-corrected chi connectivity index (χ0v) is 27.4. The van der Waals surface area contributed by atoms with E-state index in [2.05, 4.69) is 45.9 Å². The van der Waals surface area contributed by atoms with E-state index in [9.17, 15) is 15.3 Å². The summed E-state index contributed by atoms with van der Waals surface area (Å²) in [6.45, 7) is 8.00. The molecule has 3 aromatic heterocycles. The quantitative estimate of drug-likeness (QED) is 0.181. The molecule has 254 valence electrons. The van der Waals surface area contributed by atoms with Crippen LogP contribution in [0.15, 0.2) is 91.3 Å². The molecule has 2 atom stereocenters. The lowest BCUT2D eigenvalue weighted by molar-refractivity contribution is 0.475. The normalized spacial score (nSPS) is 18.6. The molecule has 0 spiro atoms. The Balaban J connectivity index is 0.000000145. The Morgan fingerprint density at radius 3 is 1.98 bits per heavy atom. The lowest BCUT2D eigenvalue weighted by atomic mass is 10.0. The largest absolute Gasteiger partial charge is 0.508 e. The molecule has 9 rings (SSSR count). The maximum Gasteiger partial charge on any atom is 0.151 e. The van der Waals surface area contributed by atoms with Gasteiger partial charge >= 0.3 is 0 Å². The number of phenols is 3. The summed E-state index contributed by atoms with van der Waals surface area (Å²) in [4.78, 5) is 4.50. The van der Waals surface area contributed by atoms with E-state index in [-0.39, 0.29) is 17.2 Å². The fourth-order valence-corrected chi connectivity index (χ4v) is 6.99. The van der Waals surface area contributed by atoms with Crippen LogP contribution in [-0.4, -0.2) is 97.9 Å². The number of piperazine rings is 1. The Bertz CT molecular complexity index is 2070. The summed E-state index contributed by atoms with van der Waals surface area (Å²) in [6, 6.07) is 23.6. The summed E-state index contributed by atoms with van der Waals surface area (Å²) in [7, 11) is 0. The maximum atomic E-state index is 10.4. The number of benzene rings is 3. The number of anilines is 2. The summed E-state index contributed by atoms with van der Waals surface area (Å²) >= 11 is 0. The molecule has 6 aromatic rings. The predicted octanol–water partition coefficient (Wildman–Crippen LogP) is 3.81. The third-order valence-corrected chi connectivity index (χ3v) is 9.70. The van der Waals surface area contributed by atoms with Gasteiger partial charge in [0.2, 0.25) is 0 Å². The second kappa shape index (κ2) is 13.6. The van der Waals surface area contributed by atoms with Gasteiger partial charge in [0.15, 0.2) is 11.6 Å². The van der Waals surface area contributed by atoms with Crippen LogP contribution in [-0.2, 0) is 0 Å². The summed E-state index contributed by atoms with van der Waals surface area (Å²) in [5.41, 5.74) is 3.40. The minimum atomic E-state index is 0.123. The number of aromatic hydroxyl groups is 3. The standard InChI is InChI=1S/C19H20N6O.C18H18N4O2/c26-18-8-15(25-7-1-6-21-25)2-3-16(18)17-4-5-19(23-22-17)24-11-13-9-20-10-14(13)12-24;23-14-2-1-12-10-15(17(24)11-13(12)9-14)16-3-4-18(21-20-16)22-7-5-19-6-8-22/h1-8,13-14,20,26H,9-12H2;1-4,9-11,19,23-24H,5-8H2/t13-,14+;. The van der Waals surface area contributed by atoms with Crippen LogP contribution < -0.4 is 20.4 Å². The number of hydrogen-bond acceptors (Lipinski definition) is 12. The van der Waals surface area contributed by atoms with Gasteiger partial charge in [-0.3, -0.25) is 0 Å². The number of nitrogens with zero attached hydrogens (tertiary/aromatic N) is 8. The third kappa shape index (κ3) is 6.48. The number of nitrogens with one attached hydrogen (secondary N) is 2. The first kappa shape index (κ1) is 31.5. The average molecular weight is 671 g/mol. The molecule has 13 heteroatoms. The zero-order valence-electron chi connectivity index (χ0n) is 27.4. The Labute approximate surface area is 288 Å². The fraction of sp³-hybridized carbons (Fsp3) is 0.270. The van der Waals surface area contributed by atoms with Crippen molar-refractivity contribution in [3.05, 3.63) is 91.3 Å². The molecule has 3 aliphatic heterocycles. The third-order valence-electron chi connectivity index (χ3n) is 9.70. The first-order valence-electron chi connectivity index (χ1n) is 16.9. The van der Waals surface area contributed by atoms with Crippen molar-refractivity contribution in [2.75, 3.05) is 62.2 Å². The number of phenolic OH excluding ortho intramolecular Hbond substituents is 3. The molecule has 5 N–H and O–H groups in total. The highest BCUT2D eigenvalue weighted by molar-refractivity contribution is 5.90. The number of aromatic nitrogens is 6. The van der Waals surface area contributed by atoms with E-state index < -0.39 is 0 Å². The van der Waals surface area contributed by atoms with E-state index in [0.717, 1.165) is 92.3 Å². The van der Waals surface area contributed by atoms with Gasteiger partial charge in [0, 0.05) is 81.9 Å². The number of rotatable bonds is 5. The monoisotopic (exact) mass is 670 g/mol. The van der Waals surface area contributed by atoms with Crippen LogP contribution >= 0.6 is 0 Å². The van der Waals surface area contributed by atoms with Gasteiger partial charge < -0.3 is 35.8 Å². The Kier molecular flexibility index (Phi) is 8.57. The smallest absolute Gasteiger partial charge is 0.151 e. The highest BCUT2D eigenvalue weighted by Crippen LogP contribution is 2.35. The van der Waals surface area contributed by atoms with Crippen molar-refractivity contribution in [1.29, 1.82) is 0 Å². The number of fused-ring (bicyclic) bond motifs is 2. The van der Waals surface area contributed by atoms with Gasteiger partial charge in [-0.2, -0.15) is 5.10 Å². The molecular weight excluding hydrogens is 632 g/mol. The van der Waals surface area contributed by atoms with Gasteiger partial charge in [-0.05, 0) is 89.3 Å². The summed E-state index contributed by atoms with van der Waals surface area (Å²) in [5, 5.41) is 60.3. The van der Waals surface area contributed by atoms with Crippen LogP contribution in [0.25, 0.3) is 39.0 Å². The zero-order chi connectivity index (χ0) is 34.0. The van der Waals surface area contributed by atoms with E-state index in [1.54, 1.807) is 35.1 Å². The molecule has 0 saturated carbocycles. The summed E-state index contributed by atoms with van der Waals surface area (Å²) in [6.07, 6.45) is 3.54. The van der Waals surface area contributed by atoms with E-state index >= 15 is 0 Å². The Morgan fingerprint density at radius 1 is 0.620 bits per heavy atom. The molecule has 0 amide bonds. The van der Waals surface area contributed by atoms with Crippen LogP contribution in [0.3, 0.4) is 0 Å². The second-order valence-electron chi connectivity index (χ2n) is 12.9. The van der Waals surface area contributed by atoms with Crippen molar-refractivity contribution >= 4 is 22.4 Å². The van der Waals surface area contributed by atoms with E-state index in [4.69, 9.17) is 0 Å². The van der Waals surface area contributed by atoms with Crippen molar-refractivity contribution in [2.45, 2.75) is 0 Å². The van der Waals surface area contributed by atoms with Crippen LogP contribution in [0.4, 0.5) is 11.6 Å². The molecule has 3 aliphatic rings. The maximum absolute atomic E-state index is 10.4. The van der Waals surface area contributed by atoms with Gasteiger partial charge in [-0.15, -0.1) is 20.4 Å². The lowest BCUT2D eigenvalue weighted by Crippen LogP contribution is -2.43. The van der Waals surface area contributed by atoms with E-state index in [1.165, 1.54) is 0 Å². The average Bonchev–Trinajstić information content (AvgIpc) is 3.92. The van der Waals surface area contributed by atoms with Crippen LogP contribution in [0.1, 0.15) is 0 Å². The first-order valence-corrected chi connectivity index (χ1v) is 16.9.